The maximum absolute atomic E-state index is 2.34. The molecule has 62 valence electrons. The van der Waals surface area contributed by atoms with E-state index < -0.39 is 0 Å². The van der Waals surface area contributed by atoms with Crippen molar-refractivity contribution in [3.63, 3.8) is 0 Å². The lowest BCUT2D eigenvalue weighted by Gasteiger charge is -2.15. The van der Waals surface area contributed by atoms with Crippen LogP contribution in [0.3, 0.4) is 0 Å². The Morgan fingerprint density at radius 3 is 3.00 bits per heavy atom. The molecule has 0 aliphatic carbocycles. The largest absolute Gasteiger partial charge is 0.121 e. The van der Waals surface area contributed by atoms with Crippen LogP contribution in [-0.4, -0.2) is 5.75 Å². The molecule has 0 fully saturated rings. The number of hydrogen-bond donors (Lipinski definition) is 0. The van der Waals surface area contributed by atoms with E-state index in [1.54, 1.807) is 0 Å². The minimum atomic E-state index is 1.14. The van der Waals surface area contributed by atoms with Crippen molar-refractivity contribution in [2.24, 2.45) is 0 Å². The summed E-state index contributed by atoms with van der Waals surface area (Å²) in [6, 6.07) is 8.66. The van der Waals surface area contributed by atoms with Gasteiger partial charge in [-0.15, -0.1) is 11.8 Å². The molecule has 1 aliphatic rings. The van der Waals surface area contributed by atoms with E-state index in [1.807, 2.05) is 11.8 Å². The Morgan fingerprint density at radius 2 is 2.17 bits per heavy atom. The number of allylic oxidation sites excluding steroid dienone is 1. The molecule has 0 bridgehead atoms. The minimum Gasteiger partial charge on any atom is -0.121 e. The smallest absolute Gasteiger partial charge is 0.0167 e. The van der Waals surface area contributed by atoms with Crippen LogP contribution < -0.4 is 0 Å². The van der Waals surface area contributed by atoms with Crippen LogP contribution in [0.2, 0.25) is 0 Å². The molecule has 0 saturated heterocycles. The van der Waals surface area contributed by atoms with Crippen molar-refractivity contribution >= 4 is 17.3 Å². The standard InChI is InChI=1S/C11H12S/c1-2-9-7-8-12-11-6-4-3-5-10(9)11/h3-7H,2,8H2,1H3. The van der Waals surface area contributed by atoms with Crippen LogP contribution in [0.5, 0.6) is 0 Å². The molecule has 0 radical (unpaired) electrons. The summed E-state index contributed by atoms with van der Waals surface area (Å²) in [5, 5.41) is 0. The molecule has 1 aromatic rings. The Balaban J connectivity index is 2.48. The molecule has 0 aromatic heterocycles. The zero-order chi connectivity index (χ0) is 8.39. The molecule has 1 heteroatoms. The van der Waals surface area contributed by atoms with Crippen molar-refractivity contribution in [1.82, 2.24) is 0 Å². The van der Waals surface area contributed by atoms with Crippen molar-refractivity contribution in [2.45, 2.75) is 18.2 Å². The van der Waals surface area contributed by atoms with Crippen LogP contribution in [0, 0.1) is 0 Å². The molecule has 1 aromatic carbocycles. The van der Waals surface area contributed by atoms with Crippen molar-refractivity contribution < 1.29 is 0 Å². The molecular weight excluding hydrogens is 164 g/mol. The van der Waals surface area contributed by atoms with Gasteiger partial charge in [0.15, 0.2) is 0 Å². The van der Waals surface area contributed by atoms with E-state index >= 15 is 0 Å². The third-order valence-electron chi connectivity index (χ3n) is 2.18. The van der Waals surface area contributed by atoms with E-state index in [9.17, 15) is 0 Å². The fourth-order valence-corrected chi connectivity index (χ4v) is 2.53. The summed E-state index contributed by atoms with van der Waals surface area (Å²) in [4.78, 5) is 1.44. The summed E-state index contributed by atoms with van der Waals surface area (Å²) in [6.45, 7) is 2.22. The lowest BCUT2D eigenvalue weighted by Crippen LogP contribution is -1.93. The zero-order valence-corrected chi connectivity index (χ0v) is 8.03. The number of rotatable bonds is 1. The van der Waals surface area contributed by atoms with E-state index in [-0.39, 0.29) is 0 Å². The fraction of sp³-hybridized carbons (Fsp3) is 0.273. The molecular formula is C11H12S. The normalized spacial score (nSPS) is 15.2. The first-order valence-electron chi connectivity index (χ1n) is 4.33. The molecule has 0 saturated carbocycles. The predicted octanol–water partition coefficient (Wildman–Crippen LogP) is 3.59. The maximum Gasteiger partial charge on any atom is 0.0167 e. The SMILES string of the molecule is CCC1=CCSc2ccccc21. The predicted molar refractivity (Wildman–Crippen MR) is 55.4 cm³/mol. The van der Waals surface area contributed by atoms with Gasteiger partial charge >= 0.3 is 0 Å². The average molecular weight is 176 g/mol. The van der Waals surface area contributed by atoms with Crippen molar-refractivity contribution in [3.8, 4) is 0 Å². The van der Waals surface area contributed by atoms with E-state index in [4.69, 9.17) is 0 Å². The van der Waals surface area contributed by atoms with Crippen LogP contribution in [-0.2, 0) is 0 Å². The third kappa shape index (κ3) is 1.29. The van der Waals surface area contributed by atoms with Crippen LogP contribution >= 0.6 is 11.8 Å². The van der Waals surface area contributed by atoms with E-state index in [1.165, 1.54) is 16.0 Å². The molecule has 1 aliphatic heterocycles. The summed E-state index contributed by atoms with van der Waals surface area (Å²) < 4.78 is 0. The first-order chi connectivity index (χ1) is 5.92. The van der Waals surface area contributed by atoms with Gasteiger partial charge in [-0.05, 0) is 23.6 Å². The second kappa shape index (κ2) is 3.36. The summed E-state index contributed by atoms with van der Waals surface area (Å²) in [5.41, 5.74) is 2.94. The fourth-order valence-electron chi connectivity index (χ4n) is 1.53. The maximum atomic E-state index is 2.34. The zero-order valence-electron chi connectivity index (χ0n) is 7.21. The van der Waals surface area contributed by atoms with Gasteiger partial charge in [-0.1, -0.05) is 31.2 Å². The van der Waals surface area contributed by atoms with Crippen LogP contribution in [0.25, 0.3) is 5.57 Å². The Hall–Kier alpha value is -0.690. The lowest BCUT2D eigenvalue weighted by atomic mass is 10.0. The van der Waals surface area contributed by atoms with Gasteiger partial charge in [0.2, 0.25) is 0 Å². The molecule has 0 N–H and O–H groups in total. The third-order valence-corrected chi connectivity index (χ3v) is 3.18. The molecule has 0 amide bonds. The van der Waals surface area contributed by atoms with Gasteiger partial charge in [0.1, 0.15) is 0 Å². The van der Waals surface area contributed by atoms with Crippen molar-refractivity contribution in [2.75, 3.05) is 5.75 Å². The Bertz CT molecular complexity index is 313. The Kier molecular flexibility index (Phi) is 2.22. The average Bonchev–Trinajstić information content (AvgIpc) is 2.17. The van der Waals surface area contributed by atoms with Gasteiger partial charge in [-0.2, -0.15) is 0 Å². The van der Waals surface area contributed by atoms with E-state index in [0.717, 1.165) is 12.2 Å². The van der Waals surface area contributed by atoms with Crippen molar-refractivity contribution in [3.05, 3.63) is 35.9 Å². The molecule has 1 heterocycles. The second-order valence-electron chi connectivity index (χ2n) is 2.89. The quantitative estimate of drug-likeness (QED) is 0.630. The highest BCUT2D eigenvalue weighted by molar-refractivity contribution is 7.99. The van der Waals surface area contributed by atoms with Crippen LogP contribution in [0.15, 0.2) is 35.2 Å². The highest BCUT2D eigenvalue weighted by atomic mass is 32.2. The number of thioether (sulfide) groups is 1. The number of fused-ring (bicyclic) bond motifs is 1. The van der Waals surface area contributed by atoms with Gasteiger partial charge < -0.3 is 0 Å². The van der Waals surface area contributed by atoms with E-state index in [0.29, 0.717) is 0 Å². The van der Waals surface area contributed by atoms with Crippen LogP contribution in [0.1, 0.15) is 18.9 Å². The molecule has 0 nitrogen and oxygen atoms in total. The topological polar surface area (TPSA) is 0 Å². The highest BCUT2D eigenvalue weighted by Crippen LogP contribution is 2.34. The molecule has 2 rings (SSSR count). The first-order valence-corrected chi connectivity index (χ1v) is 5.31. The molecule has 12 heavy (non-hydrogen) atoms. The summed E-state index contributed by atoms with van der Waals surface area (Å²) >= 11 is 1.93. The van der Waals surface area contributed by atoms with Gasteiger partial charge in [0.25, 0.3) is 0 Å². The molecule has 0 unspecified atom stereocenters. The minimum absolute atomic E-state index is 1.14. The van der Waals surface area contributed by atoms with Crippen molar-refractivity contribution in [1.29, 1.82) is 0 Å². The van der Waals surface area contributed by atoms with Gasteiger partial charge in [0, 0.05) is 10.6 Å². The second-order valence-corrected chi connectivity index (χ2v) is 3.95. The monoisotopic (exact) mass is 176 g/mol. The summed E-state index contributed by atoms with van der Waals surface area (Å²) in [5.74, 6) is 1.14. The number of benzene rings is 1. The van der Waals surface area contributed by atoms with Gasteiger partial charge in [-0.3, -0.25) is 0 Å². The summed E-state index contributed by atoms with van der Waals surface area (Å²) in [7, 11) is 0. The Labute approximate surface area is 77.7 Å². The van der Waals surface area contributed by atoms with Gasteiger partial charge in [0.05, 0.1) is 0 Å². The molecule has 0 atom stereocenters. The van der Waals surface area contributed by atoms with Crippen LogP contribution in [0.4, 0.5) is 0 Å². The number of hydrogen-bond acceptors (Lipinski definition) is 1. The summed E-state index contributed by atoms with van der Waals surface area (Å²) in [6.07, 6.45) is 3.49. The van der Waals surface area contributed by atoms with Gasteiger partial charge in [-0.25, -0.2) is 0 Å². The van der Waals surface area contributed by atoms with E-state index in [2.05, 4.69) is 37.3 Å². The lowest BCUT2D eigenvalue weighted by molar-refractivity contribution is 1.20. The highest BCUT2D eigenvalue weighted by Gasteiger charge is 2.09. The Morgan fingerprint density at radius 1 is 1.33 bits per heavy atom. The molecule has 0 spiro atoms. The first kappa shape index (κ1) is 7.93.